The van der Waals surface area contributed by atoms with Gasteiger partial charge < -0.3 is 14.7 Å². The number of halogens is 1. The van der Waals surface area contributed by atoms with Crippen molar-refractivity contribution in [2.24, 2.45) is 0 Å². The van der Waals surface area contributed by atoms with Crippen molar-refractivity contribution in [2.75, 3.05) is 13.2 Å². The molecule has 132 valence electrons. The zero-order valence-corrected chi connectivity index (χ0v) is 14.2. The Labute approximate surface area is 146 Å². The second-order valence-corrected chi connectivity index (χ2v) is 6.21. The molecule has 0 bridgehead atoms. The van der Waals surface area contributed by atoms with Crippen molar-refractivity contribution in [3.8, 4) is 5.75 Å². The number of benzene rings is 2. The Morgan fingerprint density at radius 3 is 2.40 bits per heavy atom. The number of nitrogens with zero attached hydrogens (tertiary/aromatic N) is 1. The minimum absolute atomic E-state index is 0.105. The molecule has 4 nitrogen and oxygen atoms in total. The summed E-state index contributed by atoms with van der Waals surface area (Å²) in [4.78, 5) is 14.5. The van der Waals surface area contributed by atoms with Crippen LogP contribution in [0.1, 0.15) is 41.8 Å². The highest BCUT2D eigenvalue weighted by Gasteiger charge is 2.34. The van der Waals surface area contributed by atoms with Gasteiger partial charge in [-0.25, -0.2) is 4.39 Å². The molecule has 1 aliphatic rings. The van der Waals surface area contributed by atoms with E-state index in [-0.39, 0.29) is 24.3 Å². The van der Waals surface area contributed by atoms with E-state index in [1.807, 2.05) is 6.92 Å². The summed E-state index contributed by atoms with van der Waals surface area (Å²) in [6.07, 6.45) is 1.05. The highest BCUT2D eigenvalue weighted by atomic mass is 19.1. The van der Waals surface area contributed by atoms with Crippen molar-refractivity contribution in [1.29, 1.82) is 0 Å². The molecule has 1 atom stereocenters. The number of aliphatic hydroxyl groups is 1. The maximum Gasteiger partial charge on any atom is 0.254 e. The van der Waals surface area contributed by atoms with Crippen LogP contribution in [0.2, 0.25) is 0 Å². The Morgan fingerprint density at radius 2 is 1.84 bits per heavy atom. The van der Waals surface area contributed by atoms with Crippen molar-refractivity contribution in [1.82, 2.24) is 4.90 Å². The summed E-state index contributed by atoms with van der Waals surface area (Å²) < 4.78 is 18.4. The zero-order chi connectivity index (χ0) is 17.8. The SMILES string of the molecule is CCOc1ccc(C(=O)N(CC(O)c2ccc(F)cc2)C2CC2)cc1. The van der Waals surface area contributed by atoms with Gasteiger partial charge in [-0.05, 0) is 61.7 Å². The van der Waals surface area contributed by atoms with E-state index in [4.69, 9.17) is 4.74 Å². The fourth-order valence-corrected chi connectivity index (χ4v) is 2.79. The van der Waals surface area contributed by atoms with Gasteiger partial charge >= 0.3 is 0 Å². The minimum Gasteiger partial charge on any atom is -0.494 e. The highest BCUT2D eigenvalue weighted by molar-refractivity contribution is 5.94. The van der Waals surface area contributed by atoms with Gasteiger partial charge in [-0.3, -0.25) is 4.79 Å². The van der Waals surface area contributed by atoms with Crippen LogP contribution in [0.15, 0.2) is 48.5 Å². The molecule has 1 amide bonds. The number of rotatable bonds is 7. The summed E-state index contributed by atoms with van der Waals surface area (Å²) in [7, 11) is 0. The molecule has 0 saturated heterocycles. The summed E-state index contributed by atoms with van der Waals surface area (Å²) in [5.41, 5.74) is 1.17. The second kappa shape index (κ2) is 7.66. The topological polar surface area (TPSA) is 49.8 Å². The van der Waals surface area contributed by atoms with Crippen molar-refractivity contribution in [3.05, 3.63) is 65.5 Å². The standard InChI is InChI=1S/C20H22FNO3/c1-2-25-18-11-5-15(6-12-18)20(24)22(17-9-10-17)13-19(23)14-3-7-16(21)8-4-14/h3-8,11-12,17,19,23H,2,9-10,13H2,1H3. The molecular weight excluding hydrogens is 321 g/mol. The molecule has 25 heavy (non-hydrogen) atoms. The van der Waals surface area contributed by atoms with E-state index in [1.54, 1.807) is 41.3 Å². The molecule has 2 aromatic rings. The van der Waals surface area contributed by atoms with Gasteiger partial charge in [0.15, 0.2) is 0 Å². The van der Waals surface area contributed by atoms with E-state index >= 15 is 0 Å². The van der Waals surface area contributed by atoms with Crippen molar-refractivity contribution in [2.45, 2.75) is 31.9 Å². The lowest BCUT2D eigenvalue weighted by atomic mass is 10.1. The Hall–Kier alpha value is -2.40. The highest BCUT2D eigenvalue weighted by Crippen LogP contribution is 2.30. The molecular formula is C20H22FNO3. The lowest BCUT2D eigenvalue weighted by Gasteiger charge is -2.25. The predicted octanol–water partition coefficient (Wildman–Crippen LogP) is 3.56. The van der Waals surface area contributed by atoms with Gasteiger partial charge in [0.25, 0.3) is 5.91 Å². The number of carbonyl (C=O) groups is 1. The molecule has 1 saturated carbocycles. The predicted molar refractivity (Wildman–Crippen MR) is 93.0 cm³/mol. The molecule has 2 aromatic carbocycles. The van der Waals surface area contributed by atoms with Gasteiger partial charge in [0.05, 0.1) is 19.3 Å². The molecule has 1 aliphatic carbocycles. The summed E-state index contributed by atoms with van der Waals surface area (Å²) in [6, 6.07) is 12.9. The Balaban J connectivity index is 1.72. The average Bonchev–Trinajstić information content (AvgIpc) is 3.45. The van der Waals surface area contributed by atoms with E-state index in [9.17, 15) is 14.3 Å². The minimum atomic E-state index is -0.840. The molecule has 0 aliphatic heterocycles. The number of carbonyl (C=O) groups excluding carboxylic acids is 1. The van der Waals surface area contributed by atoms with Gasteiger partial charge in [-0.15, -0.1) is 0 Å². The van der Waals surface area contributed by atoms with E-state index in [0.717, 1.165) is 18.6 Å². The van der Waals surface area contributed by atoms with E-state index in [2.05, 4.69) is 0 Å². The number of aliphatic hydroxyl groups excluding tert-OH is 1. The molecule has 0 heterocycles. The van der Waals surface area contributed by atoms with Gasteiger partial charge in [0.1, 0.15) is 11.6 Å². The van der Waals surface area contributed by atoms with Crippen molar-refractivity contribution < 1.29 is 19.0 Å². The third kappa shape index (κ3) is 4.37. The smallest absolute Gasteiger partial charge is 0.254 e. The van der Waals surface area contributed by atoms with Crippen LogP contribution >= 0.6 is 0 Å². The van der Waals surface area contributed by atoms with Crippen LogP contribution in [0.4, 0.5) is 4.39 Å². The lowest BCUT2D eigenvalue weighted by molar-refractivity contribution is 0.0603. The first-order valence-electron chi connectivity index (χ1n) is 8.56. The monoisotopic (exact) mass is 343 g/mol. The average molecular weight is 343 g/mol. The zero-order valence-electron chi connectivity index (χ0n) is 14.2. The van der Waals surface area contributed by atoms with Crippen LogP contribution in [-0.4, -0.2) is 35.1 Å². The Bertz CT molecular complexity index is 711. The molecule has 1 N–H and O–H groups in total. The first kappa shape index (κ1) is 17.4. The third-order valence-electron chi connectivity index (χ3n) is 4.29. The molecule has 1 unspecified atom stereocenters. The molecule has 0 radical (unpaired) electrons. The molecule has 0 spiro atoms. The fraction of sp³-hybridized carbons (Fsp3) is 0.350. The maximum atomic E-state index is 13.0. The van der Waals surface area contributed by atoms with E-state index in [1.165, 1.54) is 12.1 Å². The van der Waals surface area contributed by atoms with Crippen LogP contribution in [0.3, 0.4) is 0 Å². The number of amides is 1. The number of ether oxygens (including phenoxy) is 1. The van der Waals surface area contributed by atoms with Crippen LogP contribution in [0.5, 0.6) is 5.75 Å². The largest absolute Gasteiger partial charge is 0.494 e. The summed E-state index contributed by atoms with van der Waals surface area (Å²) in [5.74, 6) is 0.274. The maximum absolute atomic E-state index is 13.0. The lowest BCUT2D eigenvalue weighted by Crippen LogP contribution is -2.36. The summed E-state index contributed by atoms with van der Waals surface area (Å²) in [6.45, 7) is 2.68. The van der Waals surface area contributed by atoms with Crippen LogP contribution < -0.4 is 4.74 Å². The van der Waals surface area contributed by atoms with Crippen molar-refractivity contribution >= 4 is 5.91 Å². The third-order valence-corrected chi connectivity index (χ3v) is 4.29. The van der Waals surface area contributed by atoms with Crippen LogP contribution in [0, 0.1) is 5.82 Å². The van der Waals surface area contributed by atoms with Gasteiger partial charge in [-0.1, -0.05) is 12.1 Å². The quantitative estimate of drug-likeness (QED) is 0.836. The molecule has 5 heteroatoms. The van der Waals surface area contributed by atoms with Gasteiger partial charge in [-0.2, -0.15) is 0 Å². The fourth-order valence-electron chi connectivity index (χ4n) is 2.79. The van der Waals surface area contributed by atoms with Crippen LogP contribution in [-0.2, 0) is 0 Å². The van der Waals surface area contributed by atoms with Gasteiger partial charge in [0.2, 0.25) is 0 Å². The molecule has 3 rings (SSSR count). The van der Waals surface area contributed by atoms with Gasteiger partial charge in [0, 0.05) is 11.6 Å². The first-order valence-corrected chi connectivity index (χ1v) is 8.56. The van der Waals surface area contributed by atoms with E-state index in [0.29, 0.717) is 17.7 Å². The second-order valence-electron chi connectivity index (χ2n) is 6.21. The number of hydrogen-bond acceptors (Lipinski definition) is 3. The Morgan fingerprint density at radius 1 is 1.20 bits per heavy atom. The molecule has 1 fully saturated rings. The Kier molecular flexibility index (Phi) is 5.34. The van der Waals surface area contributed by atoms with Crippen molar-refractivity contribution in [3.63, 3.8) is 0 Å². The summed E-state index contributed by atoms with van der Waals surface area (Å²) in [5, 5.41) is 10.4. The summed E-state index contributed by atoms with van der Waals surface area (Å²) >= 11 is 0. The van der Waals surface area contributed by atoms with Crippen LogP contribution in [0.25, 0.3) is 0 Å². The first-order chi connectivity index (χ1) is 12.1. The molecule has 0 aromatic heterocycles. The van der Waals surface area contributed by atoms with E-state index < -0.39 is 6.10 Å². The normalized spacial score (nSPS) is 14.8. The number of hydrogen-bond donors (Lipinski definition) is 1.